The normalized spacial score (nSPS) is 20.0. The summed E-state index contributed by atoms with van der Waals surface area (Å²) in [4.78, 5) is 6.94. The van der Waals surface area contributed by atoms with Crippen LogP contribution >= 0.6 is 12.2 Å². The molecule has 2 atom stereocenters. The van der Waals surface area contributed by atoms with Crippen LogP contribution in [-0.4, -0.2) is 14.7 Å². The van der Waals surface area contributed by atoms with Gasteiger partial charge in [0, 0.05) is 29.8 Å². The van der Waals surface area contributed by atoms with Crippen LogP contribution in [0, 0.1) is 6.92 Å². The van der Waals surface area contributed by atoms with Crippen LogP contribution < -0.4 is 15.0 Å². The summed E-state index contributed by atoms with van der Waals surface area (Å²) in [5.41, 5.74) is 4.51. The van der Waals surface area contributed by atoms with E-state index in [0.29, 0.717) is 11.2 Å². The Balaban J connectivity index is 1.35. The molecule has 1 saturated carbocycles. The van der Waals surface area contributed by atoms with Crippen LogP contribution in [0.1, 0.15) is 60.8 Å². The highest BCUT2D eigenvalue weighted by atomic mass is 32.1. The molecule has 2 aromatic heterocycles. The predicted molar refractivity (Wildman–Crippen MR) is 148 cm³/mol. The van der Waals surface area contributed by atoms with Crippen LogP contribution in [0.2, 0.25) is 0 Å². The van der Waals surface area contributed by atoms with Gasteiger partial charge in [-0.3, -0.25) is 4.98 Å². The second-order valence-electron chi connectivity index (χ2n) is 9.68. The Kier molecular flexibility index (Phi) is 6.20. The van der Waals surface area contributed by atoms with Gasteiger partial charge in [-0.1, -0.05) is 36.6 Å². The number of aryl methyl sites for hydroxylation is 1. The molecule has 0 unspecified atom stereocenters. The first kappa shape index (κ1) is 22.8. The van der Waals surface area contributed by atoms with E-state index in [-0.39, 0.29) is 12.1 Å². The fraction of sp³-hybridized carbons (Fsp3) is 0.267. The topological polar surface area (TPSA) is 42.3 Å². The van der Waals surface area contributed by atoms with Gasteiger partial charge >= 0.3 is 0 Å². The second kappa shape index (κ2) is 9.78. The Morgan fingerprint density at radius 1 is 0.889 bits per heavy atom. The van der Waals surface area contributed by atoms with Gasteiger partial charge in [0.2, 0.25) is 0 Å². The average molecular weight is 495 g/mol. The SMILES string of the molecule is Cc1ccc(Oc2ccc(N3C(=S)N[C@H](c4ccccn4)[C@H]3c3cccn3C3CCCC3)cc2)cc1. The number of anilines is 1. The maximum absolute atomic E-state index is 6.07. The van der Waals surface area contributed by atoms with Crippen molar-refractivity contribution < 1.29 is 4.74 Å². The molecule has 4 aromatic rings. The molecule has 1 N–H and O–H groups in total. The van der Waals surface area contributed by atoms with Crippen LogP contribution in [0.3, 0.4) is 0 Å². The summed E-state index contributed by atoms with van der Waals surface area (Å²) in [7, 11) is 0. The van der Waals surface area contributed by atoms with Crippen molar-refractivity contribution in [2.24, 2.45) is 0 Å². The Morgan fingerprint density at radius 2 is 1.61 bits per heavy atom. The van der Waals surface area contributed by atoms with E-state index in [4.69, 9.17) is 21.9 Å². The molecule has 0 bridgehead atoms. The van der Waals surface area contributed by atoms with E-state index in [0.717, 1.165) is 22.9 Å². The second-order valence-corrected chi connectivity index (χ2v) is 10.1. The number of hydrogen-bond acceptors (Lipinski definition) is 3. The molecule has 0 spiro atoms. The molecule has 0 amide bonds. The van der Waals surface area contributed by atoms with E-state index in [1.54, 1.807) is 0 Å². The van der Waals surface area contributed by atoms with E-state index in [1.807, 2.05) is 42.6 Å². The fourth-order valence-corrected chi connectivity index (χ4v) is 5.87. The summed E-state index contributed by atoms with van der Waals surface area (Å²) < 4.78 is 8.55. The number of nitrogens with zero attached hydrogens (tertiary/aromatic N) is 3. The molecular weight excluding hydrogens is 464 g/mol. The minimum atomic E-state index is -0.0442. The van der Waals surface area contributed by atoms with Gasteiger partial charge in [-0.25, -0.2) is 0 Å². The summed E-state index contributed by atoms with van der Waals surface area (Å²) in [6.45, 7) is 2.07. The number of nitrogens with one attached hydrogen (secondary N) is 1. The van der Waals surface area contributed by atoms with Gasteiger partial charge in [-0.2, -0.15) is 0 Å². The maximum Gasteiger partial charge on any atom is 0.174 e. The standard InChI is InChI=1S/C30H30N4OS/c1-21-11-15-24(16-12-21)35-25-17-13-23(14-18-25)34-29(27-10-6-20-33(27)22-7-2-3-8-22)28(32-30(34)36)26-9-4-5-19-31-26/h4-6,9-20,22,28-29H,2-3,7-8H2,1H3,(H,32,36)/t28-,29-/m1/s1. The minimum Gasteiger partial charge on any atom is -0.457 e. The zero-order valence-corrected chi connectivity index (χ0v) is 21.2. The number of benzene rings is 2. The van der Waals surface area contributed by atoms with Gasteiger partial charge < -0.3 is 19.5 Å². The zero-order valence-electron chi connectivity index (χ0n) is 20.4. The van der Waals surface area contributed by atoms with Crippen LogP contribution in [0.5, 0.6) is 11.5 Å². The van der Waals surface area contributed by atoms with E-state index in [1.165, 1.54) is 36.9 Å². The van der Waals surface area contributed by atoms with Gasteiger partial charge in [0.1, 0.15) is 17.5 Å². The maximum atomic E-state index is 6.07. The van der Waals surface area contributed by atoms with Gasteiger partial charge in [-0.05, 0) is 92.6 Å². The summed E-state index contributed by atoms with van der Waals surface area (Å²) in [5, 5.41) is 4.30. The van der Waals surface area contributed by atoms with Gasteiger partial charge in [0.15, 0.2) is 5.11 Å². The highest BCUT2D eigenvalue weighted by Crippen LogP contribution is 2.44. The summed E-state index contributed by atoms with van der Waals surface area (Å²) in [5.74, 6) is 1.63. The van der Waals surface area contributed by atoms with Crippen LogP contribution in [-0.2, 0) is 0 Å². The Morgan fingerprint density at radius 3 is 2.31 bits per heavy atom. The molecule has 0 radical (unpaired) electrons. The fourth-order valence-electron chi connectivity index (χ4n) is 5.52. The lowest BCUT2D eigenvalue weighted by Gasteiger charge is -2.30. The molecule has 6 heteroatoms. The molecular formula is C30H30N4OS. The van der Waals surface area contributed by atoms with Gasteiger partial charge in [-0.15, -0.1) is 0 Å². The number of pyridine rings is 1. The van der Waals surface area contributed by atoms with Crippen molar-refractivity contribution in [2.45, 2.75) is 50.7 Å². The first-order valence-corrected chi connectivity index (χ1v) is 13.1. The third kappa shape index (κ3) is 4.37. The first-order chi connectivity index (χ1) is 17.7. The smallest absolute Gasteiger partial charge is 0.174 e. The highest BCUT2D eigenvalue weighted by Gasteiger charge is 2.42. The van der Waals surface area contributed by atoms with Gasteiger partial charge in [0.05, 0.1) is 11.7 Å². The summed E-state index contributed by atoms with van der Waals surface area (Å²) in [6.07, 6.45) is 9.13. The molecule has 6 rings (SSSR count). The largest absolute Gasteiger partial charge is 0.457 e. The third-order valence-corrected chi connectivity index (χ3v) is 7.62. The molecule has 182 valence electrons. The summed E-state index contributed by atoms with van der Waals surface area (Å²) in [6, 6.07) is 27.3. The molecule has 2 aromatic carbocycles. The zero-order chi connectivity index (χ0) is 24.5. The van der Waals surface area contributed by atoms with Crippen LogP contribution in [0.4, 0.5) is 5.69 Å². The molecule has 3 heterocycles. The molecule has 2 fully saturated rings. The number of rotatable bonds is 6. The van der Waals surface area contributed by atoms with Crippen LogP contribution in [0.25, 0.3) is 0 Å². The molecule has 1 saturated heterocycles. The first-order valence-electron chi connectivity index (χ1n) is 12.7. The lowest BCUT2D eigenvalue weighted by Crippen LogP contribution is -2.30. The Labute approximate surface area is 217 Å². The minimum absolute atomic E-state index is 0.00753. The molecule has 1 aliphatic heterocycles. The lowest BCUT2D eigenvalue weighted by atomic mass is 10.00. The third-order valence-electron chi connectivity index (χ3n) is 7.30. The molecule has 36 heavy (non-hydrogen) atoms. The van der Waals surface area contributed by atoms with Crippen molar-refractivity contribution in [1.82, 2.24) is 14.9 Å². The highest BCUT2D eigenvalue weighted by molar-refractivity contribution is 7.80. The molecule has 1 aliphatic carbocycles. The number of hydrogen-bond donors (Lipinski definition) is 1. The van der Waals surface area contributed by atoms with E-state index in [2.05, 4.69) is 70.4 Å². The number of aromatic nitrogens is 2. The van der Waals surface area contributed by atoms with Crippen LogP contribution in [0.15, 0.2) is 91.3 Å². The van der Waals surface area contributed by atoms with E-state index < -0.39 is 0 Å². The predicted octanol–water partition coefficient (Wildman–Crippen LogP) is 7.28. The molecule has 5 nitrogen and oxygen atoms in total. The van der Waals surface area contributed by atoms with Crippen molar-refractivity contribution >= 4 is 23.0 Å². The summed E-state index contributed by atoms with van der Waals surface area (Å²) >= 11 is 5.93. The van der Waals surface area contributed by atoms with E-state index >= 15 is 0 Å². The average Bonchev–Trinajstić information content (AvgIpc) is 3.66. The van der Waals surface area contributed by atoms with Gasteiger partial charge in [0.25, 0.3) is 0 Å². The molecule has 2 aliphatic rings. The van der Waals surface area contributed by atoms with Crippen molar-refractivity contribution in [3.8, 4) is 11.5 Å². The Hall–Kier alpha value is -3.64. The van der Waals surface area contributed by atoms with Crippen molar-refractivity contribution in [3.63, 3.8) is 0 Å². The Bertz CT molecular complexity index is 1330. The van der Waals surface area contributed by atoms with Crippen molar-refractivity contribution in [2.75, 3.05) is 4.90 Å². The number of ether oxygens (including phenoxy) is 1. The number of thiocarbonyl (C=S) groups is 1. The monoisotopic (exact) mass is 494 g/mol. The van der Waals surface area contributed by atoms with Crippen molar-refractivity contribution in [1.29, 1.82) is 0 Å². The quantitative estimate of drug-likeness (QED) is 0.285. The lowest BCUT2D eigenvalue weighted by molar-refractivity contribution is 0.461. The van der Waals surface area contributed by atoms with Crippen molar-refractivity contribution in [3.05, 3.63) is 108 Å². The van der Waals surface area contributed by atoms with E-state index in [9.17, 15) is 0 Å².